The summed E-state index contributed by atoms with van der Waals surface area (Å²) in [5, 5.41) is 6.06. The summed E-state index contributed by atoms with van der Waals surface area (Å²) in [4.78, 5) is 16.9. The lowest BCUT2D eigenvalue weighted by Gasteiger charge is -2.33. The summed E-state index contributed by atoms with van der Waals surface area (Å²) in [5.74, 6) is 0.535. The van der Waals surface area contributed by atoms with Gasteiger partial charge in [-0.1, -0.05) is 24.6 Å². The van der Waals surface area contributed by atoms with Crippen molar-refractivity contribution in [3.8, 4) is 0 Å². The molecule has 5 heteroatoms. The van der Waals surface area contributed by atoms with Crippen molar-refractivity contribution in [1.82, 2.24) is 15.5 Å². The van der Waals surface area contributed by atoms with Crippen LogP contribution in [0, 0.1) is 5.92 Å². The number of rotatable bonds is 6. The fraction of sp³-hybridized carbons (Fsp3) is 0.650. The molecule has 3 rings (SSSR count). The summed E-state index contributed by atoms with van der Waals surface area (Å²) >= 11 is 0. The van der Waals surface area contributed by atoms with Crippen LogP contribution in [0.5, 0.6) is 0 Å². The summed E-state index contributed by atoms with van der Waals surface area (Å²) in [7, 11) is 0. The fourth-order valence-electron chi connectivity index (χ4n) is 3.97. The van der Waals surface area contributed by atoms with Gasteiger partial charge in [0, 0.05) is 44.5 Å². The maximum Gasteiger partial charge on any atom is 0.314 e. The van der Waals surface area contributed by atoms with Crippen molar-refractivity contribution in [1.29, 1.82) is 0 Å². The monoisotopic (exact) mass is 344 g/mol. The van der Waals surface area contributed by atoms with Gasteiger partial charge in [0.15, 0.2) is 0 Å². The largest absolute Gasteiger partial charge is 0.371 e. The number of carbonyl (C=O) groups excluding carboxylic acids is 1. The number of nitrogens with one attached hydrogen (secondary N) is 2. The maximum absolute atomic E-state index is 12.0. The van der Waals surface area contributed by atoms with Crippen LogP contribution in [0.25, 0.3) is 0 Å². The third-order valence-electron chi connectivity index (χ3n) is 5.58. The highest BCUT2D eigenvalue weighted by molar-refractivity contribution is 5.73. The number of nitrogens with zero attached hydrogens (tertiary/aromatic N) is 2. The van der Waals surface area contributed by atoms with Gasteiger partial charge in [0.25, 0.3) is 0 Å². The highest BCUT2D eigenvalue weighted by Crippen LogP contribution is 2.22. The maximum atomic E-state index is 12.0. The first-order valence-electron chi connectivity index (χ1n) is 9.78. The van der Waals surface area contributed by atoms with E-state index in [1.54, 1.807) is 0 Å². The van der Waals surface area contributed by atoms with Crippen molar-refractivity contribution >= 4 is 11.7 Å². The highest BCUT2D eigenvalue weighted by Gasteiger charge is 2.23. The fourth-order valence-corrected chi connectivity index (χ4v) is 3.97. The summed E-state index contributed by atoms with van der Waals surface area (Å²) in [5.41, 5.74) is 1.28. The number of amides is 2. The summed E-state index contributed by atoms with van der Waals surface area (Å²) in [6.45, 7) is 8.01. The van der Waals surface area contributed by atoms with E-state index in [1.807, 2.05) is 6.07 Å². The second-order valence-electron chi connectivity index (χ2n) is 7.45. The van der Waals surface area contributed by atoms with E-state index in [2.05, 4.69) is 51.6 Å². The highest BCUT2D eigenvalue weighted by atomic mass is 16.2. The molecule has 2 fully saturated rings. The molecule has 2 N–H and O–H groups in total. The number of urea groups is 1. The molecule has 0 aromatic heterocycles. The predicted molar refractivity (Wildman–Crippen MR) is 103 cm³/mol. The van der Waals surface area contributed by atoms with Gasteiger partial charge in [-0.05, 0) is 50.8 Å². The Balaban J connectivity index is 1.30. The van der Waals surface area contributed by atoms with Gasteiger partial charge in [0.05, 0.1) is 0 Å². The first kappa shape index (κ1) is 18.1. The Morgan fingerprint density at radius 1 is 1.12 bits per heavy atom. The standard InChI is InChI=1S/C20H32N4O/c1-17-7-5-6-12-23(17)14-11-21-20(25)22-15-18-10-13-24(16-18)19-8-3-2-4-9-19/h2-4,8-9,17-18H,5-7,10-16H2,1H3,(H2,21,22,25). The van der Waals surface area contributed by atoms with Crippen molar-refractivity contribution in [3.63, 3.8) is 0 Å². The minimum atomic E-state index is -0.0252. The second kappa shape index (κ2) is 9.09. The summed E-state index contributed by atoms with van der Waals surface area (Å²) < 4.78 is 0. The average molecular weight is 345 g/mol. The Morgan fingerprint density at radius 2 is 1.96 bits per heavy atom. The number of para-hydroxylation sites is 1. The molecule has 1 aromatic rings. The molecule has 25 heavy (non-hydrogen) atoms. The van der Waals surface area contributed by atoms with Gasteiger partial charge in [-0.15, -0.1) is 0 Å². The van der Waals surface area contributed by atoms with Crippen molar-refractivity contribution in [3.05, 3.63) is 30.3 Å². The van der Waals surface area contributed by atoms with Crippen molar-refractivity contribution in [2.45, 2.75) is 38.6 Å². The first-order valence-corrected chi connectivity index (χ1v) is 9.78. The quantitative estimate of drug-likeness (QED) is 0.834. The first-order chi connectivity index (χ1) is 12.2. The number of piperidine rings is 1. The van der Waals surface area contributed by atoms with Crippen LogP contribution in [-0.4, -0.2) is 56.2 Å². The third-order valence-corrected chi connectivity index (χ3v) is 5.58. The van der Waals surface area contributed by atoms with Crippen LogP contribution in [-0.2, 0) is 0 Å². The number of hydrogen-bond acceptors (Lipinski definition) is 3. The normalized spacial score (nSPS) is 24.3. The van der Waals surface area contributed by atoms with E-state index in [-0.39, 0.29) is 6.03 Å². The van der Waals surface area contributed by atoms with Crippen LogP contribution < -0.4 is 15.5 Å². The zero-order chi connectivity index (χ0) is 17.5. The molecule has 0 spiro atoms. The molecular weight excluding hydrogens is 312 g/mol. The van der Waals surface area contributed by atoms with Gasteiger partial charge in [0.1, 0.15) is 0 Å². The molecule has 2 unspecified atom stereocenters. The molecular formula is C20H32N4O. The zero-order valence-electron chi connectivity index (χ0n) is 15.4. The number of carbonyl (C=O) groups is 1. The molecule has 2 atom stereocenters. The Morgan fingerprint density at radius 3 is 2.76 bits per heavy atom. The van der Waals surface area contributed by atoms with Gasteiger partial charge in [0.2, 0.25) is 0 Å². The molecule has 2 aliphatic heterocycles. The van der Waals surface area contributed by atoms with E-state index in [9.17, 15) is 4.79 Å². The molecule has 1 aromatic carbocycles. The molecule has 0 bridgehead atoms. The third kappa shape index (κ3) is 5.36. The number of likely N-dealkylation sites (tertiary alicyclic amines) is 1. The average Bonchev–Trinajstić information content (AvgIpc) is 3.11. The molecule has 2 heterocycles. The zero-order valence-corrected chi connectivity index (χ0v) is 15.4. The smallest absolute Gasteiger partial charge is 0.314 e. The van der Waals surface area contributed by atoms with E-state index in [1.165, 1.54) is 31.5 Å². The van der Waals surface area contributed by atoms with E-state index < -0.39 is 0 Å². The minimum absolute atomic E-state index is 0.0252. The minimum Gasteiger partial charge on any atom is -0.371 e. The molecule has 2 aliphatic rings. The molecule has 2 saturated heterocycles. The van der Waals surface area contributed by atoms with E-state index in [4.69, 9.17) is 0 Å². The SMILES string of the molecule is CC1CCCCN1CCNC(=O)NCC1CCN(c2ccccc2)C1. The number of benzene rings is 1. The summed E-state index contributed by atoms with van der Waals surface area (Å²) in [6, 6.07) is 11.2. The lowest BCUT2D eigenvalue weighted by atomic mass is 10.0. The van der Waals surface area contributed by atoms with Crippen molar-refractivity contribution in [2.24, 2.45) is 5.92 Å². The van der Waals surface area contributed by atoms with Gasteiger partial charge < -0.3 is 15.5 Å². The Bertz CT molecular complexity index is 536. The molecule has 0 saturated carbocycles. The van der Waals surface area contributed by atoms with Gasteiger partial charge in [-0.25, -0.2) is 4.79 Å². The molecule has 0 radical (unpaired) electrons. The van der Waals surface area contributed by atoms with E-state index in [0.29, 0.717) is 12.0 Å². The van der Waals surface area contributed by atoms with E-state index >= 15 is 0 Å². The van der Waals surface area contributed by atoms with Crippen molar-refractivity contribution < 1.29 is 4.79 Å². The van der Waals surface area contributed by atoms with Crippen LogP contribution in [0.3, 0.4) is 0 Å². The van der Waals surface area contributed by atoms with Crippen LogP contribution in [0.4, 0.5) is 10.5 Å². The van der Waals surface area contributed by atoms with Gasteiger partial charge in [-0.2, -0.15) is 0 Å². The van der Waals surface area contributed by atoms with Crippen LogP contribution in [0.2, 0.25) is 0 Å². The molecule has 2 amide bonds. The molecule has 0 aliphatic carbocycles. The lowest BCUT2D eigenvalue weighted by Crippen LogP contribution is -2.45. The van der Waals surface area contributed by atoms with Crippen molar-refractivity contribution in [2.75, 3.05) is 44.2 Å². The van der Waals surface area contributed by atoms with Crippen LogP contribution in [0.1, 0.15) is 32.6 Å². The Kier molecular flexibility index (Phi) is 6.56. The molecule has 138 valence electrons. The number of anilines is 1. The van der Waals surface area contributed by atoms with Crippen LogP contribution >= 0.6 is 0 Å². The molecule has 5 nitrogen and oxygen atoms in total. The second-order valence-corrected chi connectivity index (χ2v) is 7.45. The predicted octanol–water partition coefficient (Wildman–Crippen LogP) is 2.69. The van der Waals surface area contributed by atoms with Crippen LogP contribution in [0.15, 0.2) is 30.3 Å². The Labute approximate surface area is 151 Å². The topological polar surface area (TPSA) is 47.6 Å². The number of hydrogen-bond donors (Lipinski definition) is 2. The van der Waals surface area contributed by atoms with Gasteiger partial charge in [-0.3, -0.25) is 4.90 Å². The van der Waals surface area contributed by atoms with Gasteiger partial charge >= 0.3 is 6.03 Å². The lowest BCUT2D eigenvalue weighted by molar-refractivity contribution is 0.161. The summed E-state index contributed by atoms with van der Waals surface area (Å²) in [6.07, 6.45) is 5.05. The Hall–Kier alpha value is -1.75. The van der Waals surface area contributed by atoms with E-state index in [0.717, 1.165) is 39.1 Å².